The van der Waals surface area contributed by atoms with Crippen LogP contribution >= 0.6 is 0 Å². The second-order valence-electron chi connectivity index (χ2n) is 6.25. The molecule has 0 spiro atoms. The lowest BCUT2D eigenvalue weighted by atomic mass is 9.84. The summed E-state index contributed by atoms with van der Waals surface area (Å²) in [5.41, 5.74) is 2.65. The zero-order valence-corrected chi connectivity index (χ0v) is 13.3. The van der Waals surface area contributed by atoms with E-state index in [1.165, 1.54) is 0 Å². The van der Waals surface area contributed by atoms with Crippen molar-refractivity contribution in [2.24, 2.45) is 5.41 Å². The lowest BCUT2D eigenvalue weighted by molar-refractivity contribution is -0.145. The topological polar surface area (TPSA) is 43.4 Å². The number of carbonyl (C=O) groups excluding carboxylic acids is 2. The van der Waals surface area contributed by atoms with Crippen molar-refractivity contribution in [3.63, 3.8) is 0 Å². The third kappa shape index (κ3) is 9.00. The molecule has 0 saturated heterocycles. The monoisotopic (exact) mass is 268 g/mol. The molecule has 0 aromatic carbocycles. The van der Waals surface area contributed by atoms with Gasteiger partial charge in [-0.2, -0.15) is 0 Å². The van der Waals surface area contributed by atoms with Crippen molar-refractivity contribution < 1.29 is 14.3 Å². The van der Waals surface area contributed by atoms with Crippen LogP contribution in [0, 0.1) is 16.9 Å². The van der Waals surface area contributed by atoms with Gasteiger partial charge in [-0.05, 0) is 18.3 Å². The number of ether oxygens (including phenoxy) is 1. The molecule has 0 fully saturated rings. The molecule has 18 heavy (non-hydrogen) atoms. The molecular weight excluding hydrogens is 244 g/mol. The Balaban J connectivity index is 4.44. The van der Waals surface area contributed by atoms with Gasteiger partial charge in [0, 0.05) is 6.42 Å². The summed E-state index contributed by atoms with van der Waals surface area (Å²) in [4.78, 5) is 23.1. The van der Waals surface area contributed by atoms with Crippen LogP contribution in [0.15, 0.2) is 0 Å². The molecule has 4 heteroatoms. The molecule has 0 N–H and O–H groups in total. The summed E-state index contributed by atoms with van der Waals surface area (Å²) in [6.45, 7) is 12.2. The highest BCUT2D eigenvalue weighted by atomic mass is 28.3. The first kappa shape index (κ1) is 16.9. The minimum absolute atomic E-state index is 0.0910. The highest BCUT2D eigenvalue weighted by molar-refractivity contribution is 6.84. The van der Waals surface area contributed by atoms with Crippen molar-refractivity contribution in [2.45, 2.75) is 53.3 Å². The first-order chi connectivity index (χ1) is 8.06. The predicted molar refractivity (Wildman–Crippen MR) is 75.8 cm³/mol. The van der Waals surface area contributed by atoms with Gasteiger partial charge >= 0.3 is 5.97 Å². The van der Waals surface area contributed by atoms with E-state index >= 15 is 0 Å². The van der Waals surface area contributed by atoms with Gasteiger partial charge in [0.05, 0.1) is 13.0 Å². The molecule has 0 amide bonds. The maximum atomic E-state index is 11.7. The Morgan fingerprint density at radius 2 is 1.72 bits per heavy atom. The summed E-state index contributed by atoms with van der Waals surface area (Å²) < 4.78 is 4.89. The molecule has 0 aliphatic rings. The van der Waals surface area contributed by atoms with Crippen LogP contribution in [0.3, 0.4) is 0 Å². The molecule has 0 aromatic rings. The fourth-order valence-corrected chi connectivity index (χ4v) is 1.92. The molecule has 0 unspecified atom stereocenters. The van der Waals surface area contributed by atoms with Gasteiger partial charge in [-0.3, -0.25) is 9.59 Å². The molecule has 0 aliphatic heterocycles. The molecule has 0 atom stereocenters. The van der Waals surface area contributed by atoms with Crippen LogP contribution in [0.25, 0.3) is 0 Å². The largest absolute Gasteiger partial charge is 0.466 e. The van der Waals surface area contributed by atoms with Crippen LogP contribution in [0.4, 0.5) is 0 Å². The molecule has 0 bridgehead atoms. The normalized spacial score (nSPS) is 11.4. The number of hydrogen-bond donors (Lipinski definition) is 0. The Morgan fingerprint density at radius 3 is 2.17 bits per heavy atom. The Hall–Kier alpha value is -1.08. The number of carbonyl (C=O) groups is 2. The highest BCUT2D eigenvalue weighted by Crippen LogP contribution is 2.25. The highest BCUT2D eigenvalue weighted by Gasteiger charge is 2.25. The SMILES string of the molecule is CCOC(=O)CC(C)(C)CC(=O)C#C[Si](C)(C)C. The van der Waals surface area contributed by atoms with Crippen LogP contribution in [-0.4, -0.2) is 26.4 Å². The lowest BCUT2D eigenvalue weighted by Crippen LogP contribution is -2.23. The first-order valence-corrected chi connectivity index (χ1v) is 9.77. The molecule has 0 aliphatic carbocycles. The summed E-state index contributed by atoms with van der Waals surface area (Å²) in [7, 11) is -1.51. The maximum absolute atomic E-state index is 11.7. The van der Waals surface area contributed by atoms with Crippen LogP contribution in [0.5, 0.6) is 0 Å². The fourth-order valence-electron chi connectivity index (χ4n) is 1.40. The van der Waals surface area contributed by atoms with Gasteiger partial charge in [0.1, 0.15) is 8.07 Å². The first-order valence-electron chi connectivity index (χ1n) is 6.27. The van der Waals surface area contributed by atoms with Crippen molar-refractivity contribution in [1.82, 2.24) is 0 Å². The minimum Gasteiger partial charge on any atom is -0.466 e. The standard InChI is InChI=1S/C14H24O3Si/c1-7-17-13(16)11-14(2,3)10-12(15)8-9-18(4,5)6/h7,10-11H2,1-6H3. The summed E-state index contributed by atoms with van der Waals surface area (Å²) in [6.07, 6.45) is 0.546. The van der Waals surface area contributed by atoms with E-state index in [0.717, 1.165) is 0 Å². The zero-order valence-electron chi connectivity index (χ0n) is 12.3. The maximum Gasteiger partial charge on any atom is 0.306 e. The quantitative estimate of drug-likeness (QED) is 0.437. The van der Waals surface area contributed by atoms with E-state index in [-0.39, 0.29) is 18.2 Å². The second kappa shape index (κ2) is 6.74. The van der Waals surface area contributed by atoms with E-state index in [2.05, 4.69) is 31.1 Å². The average molecular weight is 268 g/mol. The summed E-state index contributed by atoms with van der Waals surface area (Å²) in [5, 5.41) is 0. The summed E-state index contributed by atoms with van der Waals surface area (Å²) >= 11 is 0. The Labute approximate surface area is 111 Å². The van der Waals surface area contributed by atoms with Crippen LogP contribution in [0.1, 0.15) is 33.6 Å². The van der Waals surface area contributed by atoms with Gasteiger partial charge in [-0.1, -0.05) is 33.5 Å². The molecule has 3 nitrogen and oxygen atoms in total. The molecular formula is C14H24O3Si. The molecule has 102 valence electrons. The zero-order chi connectivity index (χ0) is 14.4. The third-order valence-electron chi connectivity index (χ3n) is 2.14. The van der Waals surface area contributed by atoms with E-state index < -0.39 is 13.5 Å². The number of esters is 1. The Morgan fingerprint density at radius 1 is 1.17 bits per heavy atom. The van der Waals surface area contributed by atoms with E-state index in [9.17, 15) is 9.59 Å². The van der Waals surface area contributed by atoms with E-state index in [1.54, 1.807) is 6.92 Å². The molecule has 0 saturated carbocycles. The average Bonchev–Trinajstić information content (AvgIpc) is 2.12. The summed E-state index contributed by atoms with van der Waals surface area (Å²) in [6, 6.07) is 0. The molecule has 0 heterocycles. The Bertz CT molecular complexity index is 367. The van der Waals surface area contributed by atoms with Gasteiger partial charge < -0.3 is 4.74 Å². The third-order valence-corrected chi connectivity index (χ3v) is 3.02. The summed E-state index contributed by atoms with van der Waals surface area (Å²) in [5.74, 6) is 2.36. The van der Waals surface area contributed by atoms with Crippen molar-refractivity contribution in [1.29, 1.82) is 0 Å². The number of Topliss-reactive ketones (excluding diaryl/α,β-unsaturated/α-hetero) is 1. The number of rotatable bonds is 5. The van der Waals surface area contributed by atoms with E-state index in [4.69, 9.17) is 4.74 Å². The predicted octanol–water partition coefficient (Wildman–Crippen LogP) is 2.81. The van der Waals surface area contributed by atoms with Crippen molar-refractivity contribution >= 4 is 19.8 Å². The molecule has 0 radical (unpaired) electrons. The van der Waals surface area contributed by atoms with Crippen molar-refractivity contribution in [2.75, 3.05) is 6.61 Å². The van der Waals surface area contributed by atoms with E-state index in [0.29, 0.717) is 13.0 Å². The number of ketones is 1. The van der Waals surface area contributed by atoms with Gasteiger partial charge in [0.2, 0.25) is 5.78 Å². The van der Waals surface area contributed by atoms with Crippen molar-refractivity contribution in [3.8, 4) is 11.5 Å². The van der Waals surface area contributed by atoms with Gasteiger partial charge in [-0.15, -0.1) is 5.54 Å². The Kier molecular flexibility index (Phi) is 6.34. The smallest absolute Gasteiger partial charge is 0.306 e. The molecule has 0 rings (SSSR count). The lowest BCUT2D eigenvalue weighted by Gasteiger charge is -2.21. The van der Waals surface area contributed by atoms with E-state index in [1.807, 2.05) is 13.8 Å². The van der Waals surface area contributed by atoms with Crippen molar-refractivity contribution in [3.05, 3.63) is 0 Å². The number of hydrogen-bond acceptors (Lipinski definition) is 3. The van der Waals surface area contributed by atoms with Crippen LogP contribution in [0.2, 0.25) is 19.6 Å². The second-order valence-corrected chi connectivity index (χ2v) is 11.0. The van der Waals surface area contributed by atoms with Gasteiger partial charge in [0.15, 0.2) is 0 Å². The van der Waals surface area contributed by atoms with Crippen LogP contribution in [-0.2, 0) is 14.3 Å². The van der Waals surface area contributed by atoms with Gasteiger partial charge in [-0.25, -0.2) is 0 Å². The van der Waals surface area contributed by atoms with Crippen LogP contribution < -0.4 is 0 Å². The fraction of sp³-hybridized carbons (Fsp3) is 0.714. The molecule has 0 aromatic heterocycles. The van der Waals surface area contributed by atoms with Gasteiger partial charge in [0.25, 0.3) is 0 Å². The minimum atomic E-state index is -1.51.